The summed E-state index contributed by atoms with van der Waals surface area (Å²) in [7, 11) is 0. The average Bonchev–Trinajstić information content (AvgIpc) is 3.55. The lowest BCUT2D eigenvalue weighted by Crippen LogP contribution is -2.48. The number of rotatable bonds is 7. The molecule has 5 rings (SSSR count). The van der Waals surface area contributed by atoms with Gasteiger partial charge in [0.05, 0.1) is 11.3 Å². The number of aromatic nitrogens is 1. The molecule has 1 aromatic carbocycles. The lowest BCUT2D eigenvalue weighted by molar-refractivity contribution is -0.113. The zero-order chi connectivity index (χ0) is 23.3. The summed E-state index contributed by atoms with van der Waals surface area (Å²) in [5.74, 6) is 1.19. The van der Waals surface area contributed by atoms with Crippen molar-refractivity contribution in [2.45, 2.75) is 11.6 Å². The minimum atomic E-state index is -0.185. The van der Waals surface area contributed by atoms with Crippen molar-refractivity contribution in [3.8, 4) is 11.5 Å². The van der Waals surface area contributed by atoms with E-state index in [1.807, 2.05) is 4.90 Å². The molecule has 8 nitrogen and oxygen atoms in total. The number of piperazine rings is 1. The van der Waals surface area contributed by atoms with Crippen molar-refractivity contribution in [3.63, 3.8) is 0 Å². The normalized spacial score (nSPS) is 15.4. The maximum Gasteiger partial charge on any atom is 0.256 e. The molecule has 2 aromatic heterocycles. The quantitative estimate of drug-likeness (QED) is 0.501. The van der Waals surface area contributed by atoms with Crippen molar-refractivity contribution >= 4 is 40.6 Å². The molecule has 0 saturated carbocycles. The summed E-state index contributed by atoms with van der Waals surface area (Å²) < 4.78 is 10.6. The molecular formula is C24H24N4O4S2. The summed E-state index contributed by atoms with van der Waals surface area (Å²) in [6.45, 7) is 4.13. The standard InChI is InChI=1S/C24H24N4O4S2/c29-22(26-17-5-6-20-21(13-17)32-16-31-20)15-34-23-19(4-1-7-25-23)24(30)28-10-8-27(9-11-28)14-18-3-2-12-33-18/h1-7,12-13H,8-11,14-16H2,(H,26,29). The number of benzene rings is 1. The summed E-state index contributed by atoms with van der Waals surface area (Å²) in [4.78, 5) is 35.7. The second-order valence-corrected chi connectivity index (χ2v) is 9.91. The van der Waals surface area contributed by atoms with Crippen LogP contribution >= 0.6 is 23.1 Å². The molecule has 2 aliphatic rings. The largest absolute Gasteiger partial charge is 0.454 e. The molecule has 4 heterocycles. The number of carbonyl (C=O) groups is 2. The molecule has 3 aromatic rings. The lowest BCUT2D eigenvalue weighted by Gasteiger charge is -2.34. The molecule has 1 saturated heterocycles. The number of anilines is 1. The van der Waals surface area contributed by atoms with E-state index in [-0.39, 0.29) is 24.4 Å². The van der Waals surface area contributed by atoms with E-state index in [2.05, 4.69) is 32.7 Å². The molecule has 1 N–H and O–H groups in total. The van der Waals surface area contributed by atoms with Crippen LogP contribution < -0.4 is 14.8 Å². The molecule has 0 unspecified atom stereocenters. The van der Waals surface area contributed by atoms with E-state index < -0.39 is 0 Å². The molecule has 10 heteroatoms. The molecule has 0 radical (unpaired) electrons. The highest BCUT2D eigenvalue weighted by molar-refractivity contribution is 8.00. The monoisotopic (exact) mass is 496 g/mol. The van der Waals surface area contributed by atoms with Crippen molar-refractivity contribution in [3.05, 3.63) is 64.5 Å². The second-order valence-electron chi connectivity index (χ2n) is 7.91. The van der Waals surface area contributed by atoms with Gasteiger partial charge in [0.25, 0.3) is 5.91 Å². The third kappa shape index (κ3) is 5.35. The number of ether oxygens (including phenoxy) is 2. The van der Waals surface area contributed by atoms with Crippen LogP contribution in [-0.2, 0) is 11.3 Å². The third-order valence-electron chi connectivity index (χ3n) is 5.62. The van der Waals surface area contributed by atoms with Gasteiger partial charge in [-0.1, -0.05) is 17.8 Å². The number of carbonyl (C=O) groups excluding carboxylic acids is 2. The van der Waals surface area contributed by atoms with Gasteiger partial charge in [-0.25, -0.2) is 4.98 Å². The van der Waals surface area contributed by atoms with Gasteiger partial charge in [0.1, 0.15) is 5.03 Å². The fourth-order valence-corrected chi connectivity index (χ4v) is 5.41. The highest BCUT2D eigenvalue weighted by Crippen LogP contribution is 2.34. The number of nitrogens with zero attached hydrogens (tertiary/aromatic N) is 3. The van der Waals surface area contributed by atoms with Crippen molar-refractivity contribution in [2.24, 2.45) is 0 Å². The molecule has 0 spiro atoms. The highest BCUT2D eigenvalue weighted by Gasteiger charge is 2.25. The van der Waals surface area contributed by atoms with Gasteiger partial charge in [-0.15, -0.1) is 11.3 Å². The van der Waals surface area contributed by atoms with Gasteiger partial charge in [-0.3, -0.25) is 14.5 Å². The number of thiophene rings is 1. The molecule has 34 heavy (non-hydrogen) atoms. The maximum atomic E-state index is 13.2. The fourth-order valence-electron chi connectivity index (χ4n) is 3.88. The van der Waals surface area contributed by atoms with E-state index in [1.54, 1.807) is 47.9 Å². The molecule has 176 valence electrons. The highest BCUT2D eigenvalue weighted by atomic mass is 32.2. The van der Waals surface area contributed by atoms with Crippen LogP contribution in [0.15, 0.2) is 59.1 Å². The van der Waals surface area contributed by atoms with Crippen LogP contribution in [0, 0.1) is 0 Å². The van der Waals surface area contributed by atoms with E-state index in [4.69, 9.17) is 9.47 Å². The topological polar surface area (TPSA) is 84.0 Å². The Morgan fingerprint density at radius 3 is 2.74 bits per heavy atom. The van der Waals surface area contributed by atoms with Gasteiger partial charge in [-0.2, -0.15) is 0 Å². The first-order valence-electron chi connectivity index (χ1n) is 11.0. The molecule has 1 fully saturated rings. The fraction of sp³-hybridized carbons (Fsp3) is 0.292. The predicted molar refractivity (Wildman–Crippen MR) is 132 cm³/mol. The first-order chi connectivity index (χ1) is 16.7. The average molecular weight is 497 g/mol. The minimum absolute atomic E-state index is 0.0393. The Morgan fingerprint density at radius 2 is 1.91 bits per heavy atom. The van der Waals surface area contributed by atoms with Gasteiger partial charge in [-0.05, 0) is 35.7 Å². The van der Waals surface area contributed by atoms with E-state index >= 15 is 0 Å². The zero-order valence-electron chi connectivity index (χ0n) is 18.4. The molecule has 0 atom stereocenters. The summed E-state index contributed by atoms with van der Waals surface area (Å²) in [6.07, 6.45) is 1.65. The summed E-state index contributed by atoms with van der Waals surface area (Å²) in [6, 6.07) is 13.0. The zero-order valence-corrected chi connectivity index (χ0v) is 20.1. The van der Waals surface area contributed by atoms with Gasteiger partial charge in [0, 0.05) is 55.6 Å². The van der Waals surface area contributed by atoms with Crippen LogP contribution in [-0.4, -0.2) is 65.3 Å². The van der Waals surface area contributed by atoms with Crippen molar-refractivity contribution in [1.82, 2.24) is 14.8 Å². The number of fused-ring (bicyclic) bond motifs is 1. The molecule has 2 amide bonds. The van der Waals surface area contributed by atoms with E-state index in [0.29, 0.717) is 40.9 Å². The molecule has 0 bridgehead atoms. The number of thioether (sulfide) groups is 1. The van der Waals surface area contributed by atoms with Gasteiger partial charge in [0.15, 0.2) is 11.5 Å². The van der Waals surface area contributed by atoms with Crippen LogP contribution in [0.1, 0.15) is 15.2 Å². The Bertz CT molecular complexity index is 1160. The van der Waals surface area contributed by atoms with Crippen molar-refractivity contribution in [1.29, 1.82) is 0 Å². The third-order valence-corrected chi connectivity index (χ3v) is 7.48. The summed E-state index contributed by atoms with van der Waals surface area (Å²) >= 11 is 3.02. The predicted octanol–water partition coefficient (Wildman–Crippen LogP) is 3.56. The van der Waals surface area contributed by atoms with Crippen LogP contribution in [0.5, 0.6) is 11.5 Å². The SMILES string of the molecule is O=C(CSc1ncccc1C(=O)N1CCN(Cc2cccs2)CC1)Nc1ccc2c(c1)OCO2. The smallest absolute Gasteiger partial charge is 0.256 e. The molecule has 0 aliphatic carbocycles. The molecule has 2 aliphatic heterocycles. The number of hydrogen-bond acceptors (Lipinski definition) is 8. The van der Waals surface area contributed by atoms with Gasteiger partial charge >= 0.3 is 0 Å². The number of pyridine rings is 1. The number of hydrogen-bond donors (Lipinski definition) is 1. The van der Waals surface area contributed by atoms with Crippen LogP contribution in [0.4, 0.5) is 5.69 Å². The van der Waals surface area contributed by atoms with Crippen LogP contribution in [0.25, 0.3) is 0 Å². The first kappa shape index (κ1) is 22.7. The van der Waals surface area contributed by atoms with E-state index in [1.165, 1.54) is 16.6 Å². The summed E-state index contributed by atoms with van der Waals surface area (Å²) in [5, 5.41) is 5.51. The number of amides is 2. The molecular weight excluding hydrogens is 472 g/mol. The van der Waals surface area contributed by atoms with Crippen molar-refractivity contribution in [2.75, 3.05) is 44.0 Å². The number of nitrogens with one attached hydrogen (secondary N) is 1. The summed E-state index contributed by atoms with van der Waals surface area (Å²) in [5.41, 5.74) is 1.17. The Kier molecular flexibility index (Phi) is 6.98. The Labute approximate surface area is 205 Å². The van der Waals surface area contributed by atoms with Crippen LogP contribution in [0.3, 0.4) is 0 Å². The lowest BCUT2D eigenvalue weighted by atomic mass is 10.2. The van der Waals surface area contributed by atoms with Crippen LogP contribution in [0.2, 0.25) is 0 Å². The van der Waals surface area contributed by atoms with Gasteiger partial charge < -0.3 is 19.7 Å². The second kappa shape index (κ2) is 10.5. The minimum Gasteiger partial charge on any atom is -0.454 e. The van der Waals surface area contributed by atoms with E-state index in [9.17, 15) is 9.59 Å². The Balaban J connectivity index is 1.15. The van der Waals surface area contributed by atoms with Crippen molar-refractivity contribution < 1.29 is 19.1 Å². The Morgan fingerprint density at radius 1 is 1.06 bits per heavy atom. The Hall–Kier alpha value is -3.08. The first-order valence-corrected chi connectivity index (χ1v) is 12.8. The van der Waals surface area contributed by atoms with Gasteiger partial charge in [0.2, 0.25) is 12.7 Å². The maximum absolute atomic E-state index is 13.2. The van der Waals surface area contributed by atoms with E-state index in [0.717, 1.165) is 19.6 Å².